The van der Waals surface area contributed by atoms with Crippen molar-refractivity contribution in [1.82, 2.24) is 10.3 Å². The molecule has 1 saturated carbocycles. The number of halogens is 1. The maximum Gasteiger partial charge on any atom is 0.253 e. The normalized spacial score (nSPS) is 14.8. The van der Waals surface area contributed by atoms with E-state index in [-0.39, 0.29) is 24.3 Å². The lowest BCUT2D eigenvalue weighted by atomic mass is 9.95. The van der Waals surface area contributed by atoms with Crippen LogP contribution in [0.15, 0.2) is 23.6 Å². The van der Waals surface area contributed by atoms with Gasteiger partial charge in [-0.3, -0.25) is 9.59 Å². The number of aryl methyl sites for hydroxylation is 1. The minimum Gasteiger partial charge on any atom is -0.349 e. The number of aromatic nitrogens is 1. The Balaban J connectivity index is 1.64. The van der Waals surface area contributed by atoms with Gasteiger partial charge in [0.2, 0.25) is 5.91 Å². The maximum atomic E-state index is 12.5. The van der Waals surface area contributed by atoms with Crippen LogP contribution in [0.25, 0.3) is 0 Å². The van der Waals surface area contributed by atoms with Crippen LogP contribution in [0.5, 0.6) is 0 Å². The first kappa shape index (κ1) is 18.9. The maximum absolute atomic E-state index is 12.5. The molecule has 1 aromatic heterocycles. The van der Waals surface area contributed by atoms with E-state index >= 15 is 0 Å². The monoisotopic (exact) mass is 391 g/mol. The first-order chi connectivity index (χ1) is 12.5. The molecule has 3 rings (SSSR count). The fraction of sp³-hybridized carbons (Fsp3) is 0.421. The van der Waals surface area contributed by atoms with Gasteiger partial charge in [0.15, 0.2) is 0 Å². The van der Waals surface area contributed by atoms with Crippen molar-refractivity contribution in [2.24, 2.45) is 0 Å². The Kier molecular flexibility index (Phi) is 6.27. The zero-order valence-electron chi connectivity index (χ0n) is 14.7. The molecule has 0 radical (unpaired) electrons. The van der Waals surface area contributed by atoms with Crippen LogP contribution in [0.2, 0.25) is 5.02 Å². The second kappa shape index (κ2) is 8.64. The van der Waals surface area contributed by atoms with Gasteiger partial charge in [-0.2, -0.15) is 0 Å². The third-order valence-electron chi connectivity index (χ3n) is 4.44. The molecule has 2 amide bonds. The van der Waals surface area contributed by atoms with Gasteiger partial charge in [0, 0.05) is 17.1 Å². The highest BCUT2D eigenvalue weighted by Crippen LogP contribution is 2.23. The molecular formula is C19H22ClN3O2S. The SMILES string of the molecule is Cc1nc(CC(=O)Nc2ccc(Cl)c(C(=O)NC3CCCCC3)c2)cs1. The summed E-state index contributed by atoms with van der Waals surface area (Å²) in [5.74, 6) is -0.357. The molecule has 1 aliphatic carbocycles. The van der Waals surface area contributed by atoms with Gasteiger partial charge in [-0.05, 0) is 38.0 Å². The third kappa shape index (κ3) is 5.05. The summed E-state index contributed by atoms with van der Waals surface area (Å²) in [4.78, 5) is 29.0. The van der Waals surface area contributed by atoms with Gasteiger partial charge >= 0.3 is 0 Å². The number of hydrogen-bond acceptors (Lipinski definition) is 4. The number of benzene rings is 1. The molecule has 0 aliphatic heterocycles. The van der Waals surface area contributed by atoms with Crippen molar-refractivity contribution in [3.63, 3.8) is 0 Å². The average molecular weight is 392 g/mol. The minimum atomic E-state index is -0.187. The molecule has 2 N–H and O–H groups in total. The summed E-state index contributed by atoms with van der Waals surface area (Å²) in [6.45, 7) is 1.91. The fourth-order valence-corrected chi connectivity index (χ4v) is 3.96. The Morgan fingerprint density at radius 2 is 2.04 bits per heavy atom. The average Bonchev–Trinajstić information content (AvgIpc) is 3.02. The van der Waals surface area contributed by atoms with Crippen LogP contribution in [-0.2, 0) is 11.2 Å². The van der Waals surface area contributed by atoms with Crippen molar-refractivity contribution < 1.29 is 9.59 Å². The van der Waals surface area contributed by atoms with E-state index in [1.807, 2.05) is 12.3 Å². The first-order valence-corrected chi connectivity index (χ1v) is 10.1. The molecule has 1 aromatic carbocycles. The molecule has 5 nitrogen and oxygen atoms in total. The molecule has 0 saturated heterocycles. The van der Waals surface area contributed by atoms with Crippen molar-refractivity contribution in [3.8, 4) is 0 Å². The van der Waals surface area contributed by atoms with Gasteiger partial charge < -0.3 is 10.6 Å². The molecule has 1 aliphatic rings. The topological polar surface area (TPSA) is 71.1 Å². The number of nitrogens with one attached hydrogen (secondary N) is 2. The van der Waals surface area contributed by atoms with Gasteiger partial charge in [-0.1, -0.05) is 30.9 Å². The third-order valence-corrected chi connectivity index (χ3v) is 5.60. The van der Waals surface area contributed by atoms with Crippen LogP contribution < -0.4 is 10.6 Å². The van der Waals surface area contributed by atoms with E-state index in [2.05, 4.69) is 15.6 Å². The van der Waals surface area contributed by atoms with Crippen LogP contribution in [0.4, 0.5) is 5.69 Å². The Bertz CT molecular complexity index is 800. The lowest BCUT2D eigenvalue weighted by Crippen LogP contribution is -2.36. The summed E-state index contributed by atoms with van der Waals surface area (Å²) >= 11 is 7.71. The van der Waals surface area contributed by atoms with E-state index in [0.29, 0.717) is 16.3 Å². The first-order valence-electron chi connectivity index (χ1n) is 8.82. The Morgan fingerprint density at radius 3 is 2.73 bits per heavy atom. The van der Waals surface area contributed by atoms with E-state index in [4.69, 9.17) is 11.6 Å². The number of nitrogens with zero attached hydrogens (tertiary/aromatic N) is 1. The van der Waals surface area contributed by atoms with Crippen LogP contribution >= 0.6 is 22.9 Å². The van der Waals surface area contributed by atoms with Crippen LogP contribution in [0.3, 0.4) is 0 Å². The predicted molar refractivity (Wildman–Crippen MR) is 105 cm³/mol. The van der Waals surface area contributed by atoms with Crippen LogP contribution in [-0.4, -0.2) is 22.8 Å². The van der Waals surface area contributed by atoms with Crippen LogP contribution in [0, 0.1) is 6.92 Å². The molecule has 1 fully saturated rings. The second-order valence-corrected chi connectivity index (χ2v) is 8.06. The molecule has 138 valence electrons. The Morgan fingerprint density at radius 1 is 1.27 bits per heavy atom. The molecule has 7 heteroatoms. The number of carbonyl (C=O) groups excluding carboxylic acids is 2. The van der Waals surface area contributed by atoms with Crippen molar-refractivity contribution in [3.05, 3.63) is 44.9 Å². The molecule has 26 heavy (non-hydrogen) atoms. The quantitative estimate of drug-likeness (QED) is 0.795. The number of anilines is 1. The van der Waals surface area contributed by atoms with Crippen molar-refractivity contribution in [2.75, 3.05) is 5.32 Å². The Hall–Kier alpha value is -1.92. The van der Waals surface area contributed by atoms with E-state index in [1.54, 1.807) is 18.2 Å². The highest BCUT2D eigenvalue weighted by atomic mass is 35.5. The van der Waals surface area contributed by atoms with Gasteiger partial charge in [-0.15, -0.1) is 11.3 Å². The molecule has 0 atom stereocenters. The molecule has 0 bridgehead atoms. The molecule has 1 heterocycles. The van der Waals surface area contributed by atoms with E-state index < -0.39 is 0 Å². The largest absolute Gasteiger partial charge is 0.349 e. The highest BCUT2D eigenvalue weighted by molar-refractivity contribution is 7.09. The summed E-state index contributed by atoms with van der Waals surface area (Å²) in [7, 11) is 0. The zero-order valence-corrected chi connectivity index (χ0v) is 16.3. The standard InChI is InChI=1S/C19H22ClN3O2S/c1-12-21-15(11-26-12)10-18(24)22-14-7-8-17(20)16(9-14)19(25)23-13-5-3-2-4-6-13/h7-9,11,13H,2-6,10H2,1H3,(H,22,24)(H,23,25). The minimum absolute atomic E-state index is 0.170. The summed E-state index contributed by atoms with van der Waals surface area (Å²) in [6.07, 6.45) is 5.74. The fourth-order valence-electron chi connectivity index (χ4n) is 3.15. The molecular weight excluding hydrogens is 370 g/mol. The van der Waals surface area contributed by atoms with Gasteiger partial charge in [0.05, 0.1) is 27.7 Å². The number of hydrogen-bond donors (Lipinski definition) is 2. The van der Waals surface area contributed by atoms with Gasteiger partial charge in [-0.25, -0.2) is 4.98 Å². The van der Waals surface area contributed by atoms with E-state index in [0.717, 1.165) is 36.4 Å². The number of amides is 2. The lowest BCUT2D eigenvalue weighted by molar-refractivity contribution is -0.115. The van der Waals surface area contributed by atoms with Crippen molar-refractivity contribution in [1.29, 1.82) is 0 Å². The number of carbonyl (C=O) groups is 2. The molecule has 0 unspecified atom stereocenters. The highest BCUT2D eigenvalue weighted by Gasteiger charge is 2.19. The van der Waals surface area contributed by atoms with Crippen LogP contribution in [0.1, 0.15) is 53.2 Å². The summed E-state index contributed by atoms with van der Waals surface area (Å²) in [5.41, 5.74) is 1.69. The second-order valence-electron chi connectivity index (χ2n) is 6.59. The lowest BCUT2D eigenvalue weighted by Gasteiger charge is -2.23. The number of rotatable bonds is 5. The number of thiazole rings is 1. The van der Waals surface area contributed by atoms with Gasteiger partial charge in [0.25, 0.3) is 5.91 Å². The summed E-state index contributed by atoms with van der Waals surface area (Å²) in [5, 5.41) is 9.05. The van der Waals surface area contributed by atoms with Crippen molar-refractivity contribution in [2.45, 2.75) is 51.5 Å². The zero-order chi connectivity index (χ0) is 18.5. The van der Waals surface area contributed by atoms with E-state index in [1.165, 1.54) is 17.8 Å². The molecule has 0 spiro atoms. The molecule has 2 aromatic rings. The Labute approximate surface area is 162 Å². The summed E-state index contributed by atoms with van der Waals surface area (Å²) in [6, 6.07) is 5.17. The van der Waals surface area contributed by atoms with E-state index in [9.17, 15) is 9.59 Å². The van der Waals surface area contributed by atoms with Crippen molar-refractivity contribution >= 4 is 40.4 Å². The predicted octanol–water partition coefficient (Wildman–Crippen LogP) is 4.35. The smallest absolute Gasteiger partial charge is 0.253 e. The van der Waals surface area contributed by atoms with Gasteiger partial charge in [0.1, 0.15) is 0 Å². The summed E-state index contributed by atoms with van der Waals surface area (Å²) < 4.78 is 0.